The molecule has 2 rings (SSSR count). The number of benzene rings is 1. The lowest BCUT2D eigenvalue weighted by Gasteiger charge is -2.06. The molecule has 0 saturated carbocycles. The van der Waals surface area contributed by atoms with Gasteiger partial charge in [-0.3, -0.25) is 0 Å². The molecule has 4 nitrogen and oxygen atoms in total. The highest BCUT2D eigenvalue weighted by Crippen LogP contribution is 2.29. The maximum absolute atomic E-state index is 14.0. The number of nitrogens with zero attached hydrogens (tertiary/aromatic N) is 1. The number of anilines is 1. The number of halogens is 1. The predicted molar refractivity (Wildman–Crippen MR) is 57.0 cm³/mol. The smallest absolute Gasteiger partial charge is 0.230 e. The molecule has 0 aliphatic carbocycles. The summed E-state index contributed by atoms with van der Waals surface area (Å²) < 4.78 is 23.6. The van der Waals surface area contributed by atoms with Crippen molar-refractivity contribution in [3.05, 3.63) is 35.8 Å². The highest BCUT2D eigenvalue weighted by atomic mass is 19.1. The minimum Gasteiger partial charge on any atom is -0.380 e. The zero-order chi connectivity index (χ0) is 11.5. The molecule has 0 radical (unpaired) electrons. The summed E-state index contributed by atoms with van der Waals surface area (Å²) in [6, 6.07) is 5.02. The fourth-order valence-electron chi connectivity index (χ4n) is 1.51. The van der Waals surface area contributed by atoms with Gasteiger partial charge >= 0.3 is 0 Å². The van der Waals surface area contributed by atoms with Gasteiger partial charge in [-0.1, -0.05) is 23.4 Å². The molecule has 0 aliphatic heterocycles. The topological polar surface area (TPSA) is 61.3 Å². The molecular formula is C11H11FN2O2. The molecule has 0 fully saturated rings. The first-order valence-corrected chi connectivity index (χ1v) is 4.71. The van der Waals surface area contributed by atoms with E-state index in [1.807, 2.05) is 0 Å². The first-order valence-electron chi connectivity index (χ1n) is 4.71. The Morgan fingerprint density at radius 1 is 1.44 bits per heavy atom. The van der Waals surface area contributed by atoms with Crippen LogP contribution in [0.2, 0.25) is 0 Å². The van der Waals surface area contributed by atoms with Crippen LogP contribution in [0.3, 0.4) is 0 Å². The number of nitrogens with two attached hydrogens (primary N) is 1. The summed E-state index contributed by atoms with van der Waals surface area (Å²) in [5.41, 5.74) is 6.83. The zero-order valence-corrected chi connectivity index (χ0v) is 8.74. The lowest BCUT2D eigenvalue weighted by molar-refractivity contribution is 0.181. The van der Waals surface area contributed by atoms with E-state index in [2.05, 4.69) is 5.16 Å². The number of hydrogen-bond acceptors (Lipinski definition) is 4. The molecule has 0 bridgehead atoms. The third-order valence-corrected chi connectivity index (χ3v) is 2.27. The zero-order valence-electron chi connectivity index (χ0n) is 8.74. The van der Waals surface area contributed by atoms with E-state index in [-0.39, 0.29) is 18.3 Å². The van der Waals surface area contributed by atoms with Crippen molar-refractivity contribution in [3.63, 3.8) is 0 Å². The van der Waals surface area contributed by atoms with Gasteiger partial charge in [0.2, 0.25) is 5.88 Å². The first kappa shape index (κ1) is 10.6. The highest BCUT2D eigenvalue weighted by Gasteiger charge is 2.14. The number of rotatable bonds is 3. The summed E-state index contributed by atoms with van der Waals surface area (Å²) in [6.07, 6.45) is 1.39. The van der Waals surface area contributed by atoms with Gasteiger partial charge < -0.3 is 15.0 Å². The molecule has 0 atom stereocenters. The van der Waals surface area contributed by atoms with Crippen molar-refractivity contribution in [1.82, 2.24) is 5.16 Å². The van der Waals surface area contributed by atoms with Crippen LogP contribution in [0.25, 0.3) is 11.1 Å². The molecule has 2 aromatic rings. The van der Waals surface area contributed by atoms with Crippen LogP contribution in [0, 0.1) is 5.82 Å². The Balaban J connectivity index is 2.50. The quantitative estimate of drug-likeness (QED) is 0.864. The van der Waals surface area contributed by atoms with E-state index >= 15 is 0 Å². The minimum absolute atomic E-state index is 0.105. The molecule has 2 N–H and O–H groups in total. The third-order valence-electron chi connectivity index (χ3n) is 2.27. The van der Waals surface area contributed by atoms with E-state index in [0.29, 0.717) is 16.7 Å². The summed E-state index contributed by atoms with van der Waals surface area (Å²) in [5, 5.41) is 3.52. The summed E-state index contributed by atoms with van der Waals surface area (Å²) in [7, 11) is 1.51. The second-order valence-corrected chi connectivity index (χ2v) is 3.32. The lowest BCUT2D eigenvalue weighted by atomic mass is 10.0. The summed E-state index contributed by atoms with van der Waals surface area (Å²) in [4.78, 5) is 0. The molecule has 0 aliphatic rings. The van der Waals surface area contributed by atoms with Crippen molar-refractivity contribution in [3.8, 4) is 11.1 Å². The molecule has 0 saturated heterocycles. The van der Waals surface area contributed by atoms with Gasteiger partial charge in [0.1, 0.15) is 5.82 Å². The van der Waals surface area contributed by atoms with Crippen molar-refractivity contribution in [1.29, 1.82) is 0 Å². The summed E-state index contributed by atoms with van der Waals surface area (Å²) in [6.45, 7) is 0.213. The lowest BCUT2D eigenvalue weighted by Crippen LogP contribution is -1.96. The normalized spacial score (nSPS) is 10.6. The van der Waals surface area contributed by atoms with E-state index < -0.39 is 0 Å². The Hall–Kier alpha value is -1.88. The average Bonchev–Trinajstić information content (AvgIpc) is 2.68. The number of nitrogen functional groups attached to an aromatic ring is 1. The SMILES string of the molecule is COCc1cccc(-c2cnoc2N)c1F. The van der Waals surface area contributed by atoms with Crippen molar-refractivity contribution in [2.75, 3.05) is 12.8 Å². The van der Waals surface area contributed by atoms with Gasteiger partial charge in [-0.05, 0) is 0 Å². The van der Waals surface area contributed by atoms with Crippen LogP contribution in [0.15, 0.2) is 28.9 Å². The van der Waals surface area contributed by atoms with Gasteiger partial charge in [-0.2, -0.15) is 0 Å². The Labute approximate surface area is 91.8 Å². The van der Waals surface area contributed by atoms with Crippen LogP contribution in [0.1, 0.15) is 5.56 Å². The molecule has 1 heterocycles. The van der Waals surface area contributed by atoms with Crippen LogP contribution in [-0.2, 0) is 11.3 Å². The molecule has 1 aromatic carbocycles. The van der Waals surface area contributed by atoms with Gasteiger partial charge in [0, 0.05) is 18.2 Å². The molecule has 0 amide bonds. The molecule has 1 aromatic heterocycles. The molecule has 0 spiro atoms. The number of hydrogen-bond donors (Lipinski definition) is 1. The maximum Gasteiger partial charge on any atom is 0.230 e. The summed E-state index contributed by atoms with van der Waals surface area (Å²) in [5.74, 6) is -0.257. The fraction of sp³-hybridized carbons (Fsp3) is 0.182. The second kappa shape index (κ2) is 4.32. The molecule has 5 heteroatoms. The Morgan fingerprint density at radius 3 is 2.88 bits per heavy atom. The van der Waals surface area contributed by atoms with Crippen LogP contribution in [-0.4, -0.2) is 12.3 Å². The van der Waals surface area contributed by atoms with Gasteiger partial charge in [0.15, 0.2) is 0 Å². The van der Waals surface area contributed by atoms with Gasteiger partial charge in [-0.15, -0.1) is 0 Å². The van der Waals surface area contributed by atoms with Crippen molar-refractivity contribution in [2.45, 2.75) is 6.61 Å². The Morgan fingerprint density at radius 2 is 2.25 bits per heavy atom. The molecule has 84 valence electrons. The second-order valence-electron chi connectivity index (χ2n) is 3.32. The van der Waals surface area contributed by atoms with Crippen molar-refractivity contribution in [2.24, 2.45) is 0 Å². The number of aromatic nitrogens is 1. The number of methoxy groups -OCH3 is 1. The predicted octanol–water partition coefficient (Wildman–Crippen LogP) is 2.21. The third kappa shape index (κ3) is 1.77. The fourth-order valence-corrected chi connectivity index (χ4v) is 1.51. The molecule has 0 unspecified atom stereocenters. The van der Waals surface area contributed by atoms with Gasteiger partial charge in [-0.25, -0.2) is 4.39 Å². The monoisotopic (exact) mass is 222 g/mol. The van der Waals surface area contributed by atoms with E-state index in [1.165, 1.54) is 13.3 Å². The Kier molecular flexibility index (Phi) is 2.87. The molecule has 16 heavy (non-hydrogen) atoms. The van der Waals surface area contributed by atoms with Crippen molar-refractivity contribution >= 4 is 5.88 Å². The van der Waals surface area contributed by atoms with E-state index in [0.717, 1.165) is 0 Å². The van der Waals surface area contributed by atoms with Crippen molar-refractivity contribution < 1.29 is 13.7 Å². The first-order chi connectivity index (χ1) is 7.74. The van der Waals surface area contributed by atoms with E-state index in [9.17, 15) is 4.39 Å². The van der Waals surface area contributed by atoms with Crippen LogP contribution < -0.4 is 5.73 Å². The number of ether oxygens (including phenoxy) is 1. The van der Waals surface area contributed by atoms with Crippen LogP contribution in [0.4, 0.5) is 10.3 Å². The maximum atomic E-state index is 14.0. The standard InChI is InChI=1S/C11H11FN2O2/c1-15-6-7-3-2-4-8(10(7)12)9-5-14-16-11(9)13/h2-5H,6,13H2,1H3. The largest absolute Gasteiger partial charge is 0.380 e. The highest BCUT2D eigenvalue weighted by molar-refractivity contribution is 5.72. The average molecular weight is 222 g/mol. The Bertz CT molecular complexity index is 496. The van der Waals surface area contributed by atoms with E-state index in [4.69, 9.17) is 15.0 Å². The van der Waals surface area contributed by atoms with Gasteiger partial charge in [0.25, 0.3) is 0 Å². The van der Waals surface area contributed by atoms with Crippen LogP contribution in [0.5, 0.6) is 0 Å². The van der Waals surface area contributed by atoms with Crippen LogP contribution >= 0.6 is 0 Å². The summed E-state index contributed by atoms with van der Waals surface area (Å²) >= 11 is 0. The minimum atomic E-state index is -0.362. The van der Waals surface area contributed by atoms with E-state index in [1.54, 1.807) is 18.2 Å². The molecular weight excluding hydrogens is 211 g/mol. The van der Waals surface area contributed by atoms with Gasteiger partial charge in [0.05, 0.1) is 18.4 Å².